The van der Waals surface area contributed by atoms with Gasteiger partial charge < -0.3 is 9.64 Å². The van der Waals surface area contributed by atoms with Crippen LogP contribution in [-0.4, -0.2) is 77.9 Å². The summed E-state index contributed by atoms with van der Waals surface area (Å²) in [7, 11) is -5.50. The number of ether oxygens (including phenoxy) is 1. The van der Waals surface area contributed by atoms with E-state index < -0.39 is 20.0 Å². The van der Waals surface area contributed by atoms with E-state index in [-0.39, 0.29) is 35.9 Å². The van der Waals surface area contributed by atoms with Crippen LogP contribution in [-0.2, 0) is 24.8 Å². The number of hydrogen-bond donors (Lipinski definition) is 1. The number of nitrogens with one attached hydrogen (secondary N) is 1. The third-order valence-corrected chi connectivity index (χ3v) is 8.73. The predicted molar refractivity (Wildman–Crippen MR) is 116 cm³/mol. The normalized spacial score (nSPS) is 21.1. The molecule has 0 aliphatic carbocycles. The maximum atomic E-state index is 13.0. The minimum atomic E-state index is -3.72. The second-order valence-electron chi connectivity index (χ2n) is 7.86. The molecule has 31 heavy (non-hydrogen) atoms. The highest BCUT2D eigenvalue weighted by molar-refractivity contribution is 7.92. The Hall–Kier alpha value is -1.79. The van der Waals surface area contributed by atoms with E-state index in [2.05, 4.69) is 11.3 Å². The fourth-order valence-electron chi connectivity index (χ4n) is 3.84. The van der Waals surface area contributed by atoms with Gasteiger partial charge in [-0.1, -0.05) is 6.58 Å². The van der Waals surface area contributed by atoms with E-state index >= 15 is 0 Å². The summed E-state index contributed by atoms with van der Waals surface area (Å²) in [4.78, 5) is 14.6. The van der Waals surface area contributed by atoms with Crippen LogP contribution in [0.3, 0.4) is 0 Å². The molecule has 2 aliphatic heterocycles. The van der Waals surface area contributed by atoms with Crippen molar-refractivity contribution in [2.24, 2.45) is 5.92 Å². The minimum absolute atomic E-state index is 0.113. The number of rotatable bonds is 8. The fraction of sp³-hybridized carbons (Fsp3) is 0.550. The van der Waals surface area contributed by atoms with Gasteiger partial charge >= 0.3 is 0 Å². The van der Waals surface area contributed by atoms with Crippen LogP contribution in [0.15, 0.2) is 41.1 Å². The summed E-state index contributed by atoms with van der Waals surface area (Å²) >= 11 is 0. The third kappa shape index (κ3) is 5.72. The van der Waals surface area contributed by atoms with Crippen molar-refractivity contribution in [1.82, 2.24) is 13.9 Å². The molecule has 2 fully saturated rings. The predicted octanol–water partition coefficient (Wildman–Crippen LogP) is 1.01. The summed E-state index contributed by atoms with van der Waals surface area (Å²) in [6.07, 6.45) is 2.13. The smallest absolute Gasteiger partial charge is 0.253 e. The van der Waals surface area contributed by atoms with Crippen molar-refractivity contribution >= 4 is 26.0 Å². The minimum Gasteiger partial charge on any atom is -0.381 e. The molecule has 0 bridgehead atoms. The molecule has 3 rings (SSSR count). The molecular weight excluding hydrogens is 442 g/mol. The lowest BCUT2D eigenvalue weighted by Crippen LogP contribution is -2.40. The number of sulfonamides is 2. The van der Waals surface area contributed by atoms with Crippen LogP contribution in [0.1, 0.15) is 29.6 Å². The Balaban J connectivity index is 1.63. The highest BCUT2D eigenvalue weighted by Crippen LogP contribution is 2.25. The van der Waals surface area contributed by atoms with Crippen molar-refractivity contribution in [3.63, 3.8) is 0 Å². The van der Waals surface area contributed by atoms with E-state index in [1.165, 1.54) is 28.6 Å². The quantitative estimate of drug-likeness (QED) is 0.606. The highest BCUT2D eigenvalue weighted by Gasteiger charge is 2.33. The molecule has 1 aromatic rings. The average Bonchev–Trinajstić information content (AvgIpc) is 3.28. The van der Waals surface area contributed by atoms with Gasteiger partial charge in [-0.05, 0) is 49.4 Å². The lowest BCUT2D eigenvalue weighted by atomic mass is 10.1. The zero-order valence-electron chi connectivity index (χ0n) is 17.6. The average molecular weight is 472 g/mol. The molecule has 11 heteroatoms. The van der Waals surface area contributed by atoms with Gasteiger partial charge in [-0.15, -0.1) is 0 Å². The Labute approximate surface area is 184 Å². The van der Waals surface area contributed by atoms with E-state index in [9.17, 15) is 21.6 Å². The third-order valence-electron chi connectivity index (χ3n) is 5.84. The number of carbonyl (C=O) groups is 1. The summed E-state index contributed by atoms with van der Waals surface area (Å²) < 4.78 is 58.0. The van der Waals surface area contributed by atoms with Crippen LogP contribution in [0.2, 0.25) is 0 Å². The van der Waals surface area contributed by atoms with Crippen LogP contribution in [0.5, 0.6) is 0 Å². The van der Waals surface area contributed by atoms with E-state index in [1.54, 1.807) is 11.9 Å². The van der Waals surface area contributed by atoms with Crippen LogP contribution in [0, 0.1) is 5.92 Å². The first-order valence-corrected chi connectivity index (χ1v) is 13.2. The van der Waals surface area contributed by atoms with Crippen molar-refractivity contribution in [2.75, 3.05) is 39.9 Å². The molecule has 1 atom stereocenters. The van der Waals surface area contributed by atoms with E-state index in [1.807, 2.05) is 0 Å². The zero-order valence-corrected chi connectivity index (χ0v) is 19.2. The topological polar surface area (TPSA) is 113 Å². The molecule has 0 radical (unpaired) electrons. The van der Waals surface area contributed by atoms with Gasteiger partial charge in [0, 0.05) is 56.9 Å². The highest BCUT2D eigenvalue weighted by atomic mass is 32.2. The van der Waals surface area contributed by atoms with Crippen molar-refractivity contribution < 1.29 is 26.4 Å². The molecule has 1 aromatic carbocycles. The number of hydrogen-bond acceptors (Lipinski definition) is 6. The van der Waals surface area contributed by atoms with Crippen LogP contribution in [0.25, 0.3) is 0 Å². The summed E-state index contributed by atoms with van der Waals surface area (Å²) in [6.45, 7) is 5.21. The molecule has 0 aromatic heterocycles. The molecule has 0 unspecified atom stereocenters. The number of amides is 1. The van der Waals surface area contributed by atoms with Crippen molar-refractivity contribution in [2.45, 2.75) is 30.2 Å². The van der Waals surface area contributed by atoms with Crippen molar-refractivity contribution in [1.29, 1.82) is 0 Å². The molecular formula is C20H29N3O6S2. The summed E-state index contributed by atoms with van der Waals surface area (Å²) in [6, 6.07) is 6.10. The largest absolute Gasteiger partial charge is 0.381 e. The monoisotopic (exact) mass is 471 g/mol. The molecule has 172 valence electrons. The zero-order chi connectivity index (χ0) is 22.6. The van der Waals surface area contributed by atoms with Gasteiger partial charge in [-0.2, -0.15) is 4.31 Å². The molecule has 9 nitrogen and oxygen atoms in total. The van der Waals surface area contributed by atoms with Gasteiger partial charge in [0.05, 0.1) is 4.90 Å². The number of nitrogens with zero attached hydrogens (tertiary/aromatic N) is 2. The maximum absolute atomic E-state index is 13.0. The van der Waals surface area contributed by atoms with Gasteiger partial charge in [-0.3, -0.25) is 4.79 Å². The lowest BCUT2D eigenvalue weighted by Gasteiger charge is -2.31. The van der Waals surface area contributed by atoms with Gasteiger partial charge in [0.15, 0.2) is 0 Å². The second-order valence-corrected chi connectivity index (χ2v) is 11.5. The van der Waals surface area contributed by atoms with E-state index in [0.717, 1.165) is 18.2 Å². The Morgan fingerprint density at radius 2 is 1.84 bits per heavy atom. The first-order valence-electron chi connectivity index (χ1n) is 10.2. The SMILES string of the molecule is C=CS(=O)(=O)NC[C@H]1CCN(S(=O)(=O)c2ccc(C(=O)N(C)C3CCOCC3)cc2)C1. The molecule has 1 amide bonds. The summed E-state index contributed by atoms with van der Waals surface area (Å²) in [5.41, 5.74) is 0.436. The first-order chi connectivity index (χ1) is 14.6. The van der Waals surface area contributed by atoms with Crippen LogP contribution < -0.4 is 4.72 Å². The first kappa shape index (κ1) is 23.9. The van der Waals surface area contributed by atoms with Gasteiger partial charge in [0.1, 0.15) is 0 Å². The Morgan fingerprint density at radius 3 is 2.45 bits per heavy atom. The van der Waals surface area contributed by atoms with Crippen LogP contribution in [0.4, 0.5) is 0 Å². The second kappa shape index (κ2) is 9.78. The molecule has 2 saturated heterocycles. The van der Waals surface area contributed by atoms with Crippen LogP contribution >= 0.6 is 0 Å². The standard InChI is InChI=1S/C20H29N3O6S2/c1-3-30(25,26)21-14-16-8-11-23(15-16)31(27,28)19-6-4-17(5-7-19)20(24)22(2)18-9-12-29-13-10-18/h3-7,16,18,21H,1,8-15H2,2H3/t16-/m1/s1. The van der Waals surface area contributed by atoms with E-state index in [4.69, 9.17) is 4.74 Å². The molecule has 2 aliphatic rings. The molecule has 2 heterocycles. The fourth-order valence-corrected chi connectivity index (χ4v) is 5.95. The maximum Gasteiger partial charge on any atom is 0.253 e. The van der Waals surface area contributed by atoms with Gasteiger partial charge in [0.25, 0.3) is 5.91 Å². The molecule has 1 N–H and O–H groups in total. The Bertz CT molecular complexity index is 1000. The molecule has 0 saturated carbocycles. The Kier molecular flexibility index (Phi) is 7.53. The van der Waals surface area contributed by atoms with Crippen molar-refractivity contribution in [3.8, 4) is 0 Å². The Morgan fingerprint density at radius 1 is 1.19 bits per heavy atom. The summed E-state index contributed by atoms with van der Waals surface area (Å²) in [5, 5.41) is 0.832. The van der Waals surface area contributed by atoms with Gasteiger partial charge in [-0.25, -0.2) is 21.6 Å². The molecule has 0 spiro atoms. The number of carbonyl (C=O) groups excluding carboxylic acids is 1. The van der Waals surface area contributed by atoms with Gasteiger partial charge in [0.2, 0.25) is 20.0 Å². The number of benzene rings is 1. The van der Waals surface area contributed by atoms with Crippen molar-refractivity contribution in [3.05, 3.63) is 41.8 Å². The lowest BCUT2D eigenvalue weighted by molar-refractivity contribution is 0.0362. The summed E-state index contributed by atoms with van der Waals surface area (Å²) in [5.74, 6) is -0.259. The van der Waals surface area contributed by atoms with E-state index in [0.29, 0.717) is 31.7 Å².